The van der Waals surface area contributed by atoms with Gasteiger partial charge in [-0.2, -0.15) is 10.2 Å². The van der Waals surface area contributed by atoms with Crippen LogP contribution in [0.5, 0.6) is 0 Å². The van der Waals surface area contributed by atoms with Crippen LogP contribution in [-0.4, -0.2) is 50.0 Å². The predicted molar refractivity (Wildman–Crippen MR) is 85.2 cm³/mol. The van der Waals surface area contributed by atoms with Gasteiger partial charge in [0, 0.05) is 29.2 Å². The van der Waals surface area contributed by atoms with Crippen LogP contribution >= 0.6 is 11.8 Å². The largest absolute Gasteiger partial charge is 1.00 e. The van der Waals surface area contributed by atoms with E-state index in [1.54, 1.807) is 19.2 Å². The molecule has 1 amide bonds. The fourth-order valence-electron chi connectivity index (χ4n) is 3.44. The van der Waals surface area contributed by atoms with E-state index >= 15 is 0 Å². The number of aryl methyl sites for hydroxylation is 1. The topological polar surface area (TPSA) is 106 Å². The van der Waals surface area contributed by atoms with Gasteiger partial charge in [-0.25, -0.2) is 0 Å². The van der Waals surface area contributed by atoms with Crippen molar-refractivity contribution in [2.75, 3.05) is 5.75 Å². The Kier molecular flexibility index (Phi) is 6.67. The van der Waals surface area contributed by atoms with E-state index in [1.807, 2.05) is 13.0 Å². The van der Waals surface area contributed by atoms with Gasteiger partial charge < -0.3 is 19.9 Å². The summed E-state index contributed by atoms with van der Waals surface area (Å²) in [6.07, 6.45) is 1.44. The number of carboxylic acid groups (broad SMARTS) is 1. The normalized spacial score (nSPS) is 26.0. The Morgan fingerprint density at radius 3 is 2.80 bits per heavy atom. The van der Waals surface area contributed by atoms with Gasteiger partial charge in [0.25, 0.3) is 0 Å². The van der Waals surface area contributed by atoms with Crippen LogP contribution in [0.2, 0.25) is 0 Å². The number of carbonyl (C=O) groups excluding carboxylic acids is 2. The van der Waals surface area contributed by atoms with Crippen LogP contribution in [0.3, 0.4) is 0 Å². The molecular weight excluding hydrogens is 353 g/mol. The molecule has 0 radical (unpaired) electrons. The van der Waals surface area contributed by atoms with E-state index in [2.05, 4.69) is 10.2 Å². The molecule has 3 rings (SSSR count). The Morgan fingerprint density at radius 2 is 2.24 bits per heavy atom. The molecule has 128 valence electrons. The predicted octanol–water partition coefficient (Wildman–Crippen LogP) is -3.42. The van der Waals surface area contributed by atoms with Crippen molar-refractivity contribution < 1.29 is 49.4 Å². The second-order valence-corrected chi connectivity index (χ2v) is 7.20. The smallest absolute Gasteiger partial charge is 0.543 e. The van der Waals surface area contributed by atoms with Crippen LogP contribution < -0.4 is 34.7 Å². The van der Waals surface area contributed by atoms with Crippen molar-refractivity contribution in [3.63, 3.8) is 0 Å². The van der Waals surface area contributed by atoms with Crippen LogP contribution in [0.4, 0.5) is 0 Å². The zero-order chi connectivity index (χ0) is 17.4. The van der Waals surface area contributed by atoms with Crippen molar-refractivity contribution >= 4 is 23.6 Å². The number of rotatable bonds is 6. The fraction of sp³-hybridized carbons (Fsp3) is 0.500. The number of aliphatic hydroxyl groups excluding tert-OH is 1. The molecule has 1 aromatic rings. The molecular formula is C16H18N3NaO4S. The van der Waals surface area contributed by atoms with Gasteiger partial charge in [0.2, 0.25) is 5.91 Å². The standard InChI is InChI=1S/C16H19N3O4S.Na/c1-8-12-11(9(2)20)15(21)19(12)13(16(22)23)14(8)24-7-5-10-4-3-6-17-18-10;/h3-4,6,8-9,11-12,20H,5,7H2,1-2H3,(H,22,23);/q;+1/p-1. The first-order chi connectivity index (χ1) is 11.4. The first-order valence-corrected chi connectivity index (χ1v) is 8.78. The number of aliphatic hydroxyl groups is 1. The summed E-state index contributed by atoms with van der Waals surface area (Å²) in [5.74, 6) is -1.74. The average molecular weight is 371 g/mol. The molecule has 0 aliphatic carbocycles. The molecule has 2 aliphatic heterocycles. The average Bonchev–Trinajstić information content (AvgIpc) is 2.78. The third kappa shape index (κ3) is 3.64. The number of carboxylic acids is 1. The second-order valence-electron chi connectivity index (χ2n) is 6.07. The molecule has 3 heterocycles. The van der Waals surface area contributed by atoms with E-state index in [0.717, 1.165) is 5.69 Å². The van der Waals surface area contributed by atoms with Crippen LogP contribution in [0, 0.1) is 11.8 Å². The van der Waals surface area contributed by atoms with Gasteiger partial charge in [-0.3, -0.25) is 4.79 Å². The van der Waals surface area contributed by atoms with Gasteiger partial charge in [-0.15, -0.1) is 11.8 Å². The molecule has 7 nitrogen and oxygen atoms in total. The molecule has 25 heavy (non-hydrogen) atoms. The summed E-state index contributed by atoms with van der Waals surface area (Å²) in [6, 6.07) is 3.36. The van der Waals surface area contributed by atoms with Crippen LogP contribution in [0.1, 0.15) is 19.5 Å². The Morgan fingerprint density at radius 1 is 1.52 bits per heavy atom. The van der Waals surface area contributed by atoms with E-state index < -0.39 is 18.0 Å². The number of β-lactam (4-membered cyclic amide) rings is 1. The number of fused-ring (bicyclic) bond motifs is 1. The number of amides is 1. The fourth-order valence-corrected chi connectivity index (χ4v) is 4.69. The number of nitrogens with zero attached hydrogens (tertiary/aromatic N) is 3. The molecule has 0 saturated carbocycles. The van der Waals surface area contributed by atoms with Gasteiger partial charge in [-0.05, 0) is 19.1 Å². The molecule has 1 aromatic heterocycles. The van der Waals surface area contributed by atoms with Gasteiger partial charge in [0.05, 0.1) is 35.4 Å². The minimum absolute atomic E-state index is 0. The Hall–Kier alpha value is -0.930. The second kappa shape index (κ2) is 8.18. The van der Waals surface area contributed by atoms with Gasteiger partial charge >= 0.3 is 29.6 Å². The Labute approximate surface area is 172 Å². The maximum absolute atomic E-state index is 12.2. The number of hydrogen-bond acceptors (Lipinski definition) is 7. The third-order valence-corrected chi connectivity index (χ3v) is 5.83. The van der Waals surface area contributed by atoms with Crippen LogP contribution in [0.15, 0.2) is 28.9 Å². The van der Waals surface area contributed by atoms with E-state index in [-0.39, 0.29) is 53.1 Å². The summed E-state index contributed by atoms with van der Waals surface area (Å²) < 4.78 is 0. The number of hydrogen-bond donors (Lipinski definition) is 1. The molecule has 1 fully saturated rings. The minimum atomic E-state index is -1.34. The summed E-state index contributed by atoms with van der Waals surface area (Å²) in [5, 5.41) is 29.1. The van der Waals surface area contributed by atoms with E-state index in [9.17, 15) is 19.8 Å². The summed E-state index contributed by atoms with van der Waals surface area (Å²) in [5.41, 5.74) is 0.783. The minimum Gasteiger partial charge on any atom is -0.543 e. The molecule has 9 heteroatoms. The number of aliphatic carboxylic acids is 1. The maximum atomic E-state index is 12.2. The molecule has 1 saturated heterocycles. The summed E-state index contributed by atoms with van der Waals surface area (Å²) >= 11 is 1.40. The quantitative estimate of drug-likeness (QED) is 0.410. The molecule has 4 atom stereocenters. The first kappa shape index (κ1) is 20.4. The molecule has 0 aromatic carbocycles. The maximum Gasteiger partial charge on any atom is 1.00 e. The summed E-state index contributed by atoms with van der Waals surface area (Å²) in [4.78, 5) is 25.7. The molecule has 0 bridgehead atoms. The molecule has 0 spiro atoms. The Bertz CT molecular complexity index is 698. The van der Waals surface area contributed by atoms with Crippen molar-refractivity contribution in [3.8, 4) is 0 Å². The number of thioether (sulfide) groups is 1. The van der Waals surface area contributed by atoms with E-state index in [0.29, 0.717) is 17.1 Å². The van der Waals surface area contributed by atoms with Crippen molar-refractivity contribution in [1.29, 1.82) is 0 Å². The molecule has 1 N–H and O–H groups in total. The zero-order valence-electron chi connectivity index (χ0n) is 14.4. The monoisotopic (exact) mass is 371 g/mol. The van der Waals surface area contributed by atoms with Gasteiger partial charge in [0.15, 0.2) is 0 Å². The summed E-state index contributed by atoms with van der Waals surface area (Å²) in [6.45, 7) is 3.45. The molecule has 2 aliphatic rings. The number of carbonyl (C=O) groups is 2. The first-order valence-electron chi connectivity index (χ1n) is 7.79. The van der Waals surface area contributed by atoms with Crippen molar-refractivity contribution in [1.82, 2.24) is 15.1 Å². The van der Waals surface area contributed by atoms with Gasteiger partial charge in [-0.1, -0.05) is 6.92 Å². The number of aromatic nitrogens is 2. The van der Waals surface area contributed by atoms with E-state index in [4.69, 9.17) is 0 Å². The zero-order valence-corrected chi connectivity index (χ0v) is 17.2. The SMILES string of the molecule is CC(O)C1C(=O)N2C(C(=O)[O-])=C(SCCc3cccnn3)C(C)C12.[Na+]. The van der Waals surface area contributed by atoms with Crippen molar-refractivity contribution in [2.24, 2.45) is 11.8 Å². The molecule has 4 unspecified atom stereocenters. The Balaban J connectivity index is 0.00000225. The van der Waals surface area contributed by atoms with Crippen molar-refractivity contribution in [2.45, 2.75) is 32.4 Å². The van der Waals surface area contributed by atoms with Crippen molar-refractivity contribution in [3.05, 3.63) is 34.6 Å². The van der Waals surface area contributed by atoms with Crippen LogP contribution in [0.25, 0.3) is 0 Å². The third-order valence-electron chi connectivity index (χ3n) is 4.55. The van der Waals surface area contributed by atoms with Gasteiger partial charge in [0.1, 0.15) is 0 Å². The van der Waals surface area contributed by atoms with E-state index in [1.165, 1.54) is 16.7 Å². The van der Waals surface area contributed by atoms with Crippen LogP contribution in [-0.2, 0) is 16.0 Å². The summed E-state index contributed by atoms with van der Waals surface area (Å²) in [7, 11) is 0.